The lowest BCUT2D eigenvalue weighted by atomic mass is 10.0. The van der Waals surface area contributed by atoms with Gasteiger partial charge in [-0.15, -0.1) is 0 Å². The van der Waals surface area contributed by atoms with E-state index in [2.05, 4.69) is 10.3 Å². The molecule has 174 valence electrons. The van der Waals surface area contributed by atoms with Gasteiger partial charge >= 0.3 is 11.9 Å². The summed E-state index contributed by atoms with van der Waals surface area (Å²) in [7, 11) is 4.55. The molecule has 1 saturated carbocycles. The summed E-state index contributed by atoms with van der Waals surface area (Å²) in [5.41, 5.74) is 0.459. The third-order valence-corrected chi connectivity index (χ3v) is 7.23. The van der Waals surface area contributed by atoms with Gasteiger partial charge in [0, 0.05) is 10.9 Å². The van der Waals surface area contributed by atoms with Crippen LogP contribution in [-0.4, -0.2) is 71.0 Å². The maximum atomic E-state index is 13.0. The first-order valence-electron chi connectivity index (χ1n) is 10.7. The third kappa shape index (κ3) is 4.67. The fourth-order valence-electron chi connectivity index (χ4n) is 4.18. The molecule has 4 rings (SSSR count). The molecule has 3 aliphatic rings. The second-order valence-electron chi connectivity index (χ2n) is 8.11. The van der Waals surface area contributed by atoms with Crippen molar-refractivity contribution >= 4 is 63.6 Å². The second-order valence-corrected chi connectivity index (χ2v) is 9.55. The molecule has 0 aromatic heterocycles. The van der Waals surface area contributed by atoms with Gasteiger partial charge in [0.1, 0.15) is 10.8 Å². The first-order chi connectivity index (χ1) is 15.8. The van der Waals surface area contributed by atoms with Crippen LogP contribution in [0.4, 0.5) is 10.5 Å². The largest absolute Gasteiger partial charge is 0.495 e. The van der Waals surface area contributed by atoms with Gasteiger partial charge in [-0.25, -0.2) is 9.79 Å². The van der Waals surface area contributed by atoms with Gasteiger partial charge in [0.25, 0.3) is 5.84 Å². The van der Waals surface area contributed by atoms with Crippen molar-refractivity contribution in [3.8, 4) is 5.75 Å². The molecule has 1 N–H and O–H groups in total. The molecule has 4 amide bonds. The Bertz CT molecular complexity index is 1110. The first kappa shape index (κ1) is 23.4. The van der Waals surface area contributed by atoms with Crippen molar-refractivity contribution in [2.75, 3.05) is 32.3 Å². The van der Waals surface area contributed by atoms with E-state index in [0.29, 0.717) is 33.2 Å². The van der Waals surface area contributed by atoms with Gasteiger partial charge in [-0.2, -0.15) is 9.48 Å². The van der Waals surface area contributed by atoms with E-state index in [1.807, 2.05) is 0 Å². The summed E-state index contributed by atoms with van der Waals surface area (Å²) in [6.45, 7) is 0. The highest BCUT2D eigenvalue weighted by atomic mass is 35.5. The van der Waals surface area contributed by atoms with Gasteiger partial charge in [0.05, 0.1) is 32.6 Å². The summed E-state index contributed by atoms with van der Waals surface area (Å²) in [6, 6.07) is 4.52. The predicted molar refractivity (Wildman–Crippen MR) is 129 cm³/mol. The fourth-order valence-corrected chi connectivity index (χ4v) is 5.23. The quantitative estimate of drug-likeness (QED) is 0.638. The zero-order valence-electron chi connectivity index (χ0n) is 18.6. The average molecular weight is 491 g/mol. The van der Waals surface area contributed by atoms with Crippen molar-refractivity contribution in [1.29, 1.82) is 0 Å². The number of imide groups is 1. The molecule has 2 heterocycles. The van der Waals surface area contributed by atoms with E-state index in [1.165, 1.54) is 30.5 Å². The van der Waals surface area contributed by atoms with Crippen LogP contribution < -0.4 is 10.1 Å². The number of hydrogen-bond donors (Lipinski definition) is 1. The van der Waals surface area contributed by atoms with Crippen molar-refractivity contribution in [3.05, 3.63) is 23.2 Å². The number of aliphatic imine (C=N–C) groups is 2. The number of nitrogens with zero attached hydrogens (tertiary/aromatic N) is 4. The maximum absolute atomic E-state index is 13.0. The number of halogens is 1. The number of rotatable bonds is 5. The number of fused-ring (bicyclic) bond motifs is 1. The number of amidine groups is 2. The Hall–Kier alpha value is -2.72. The van der Waals surface area contributed by atoms with Crippen molar-refractivity contribution in [2.24, 2.45) is 21.8 Å². The lowest BCUT2D eigenvalue weighted by molar-refractivity contribution is -0.407. The standard InChI is InChI=1S/C22H24ClN5O4S/c1-27-19-17(21(30)28(2)22(27)31)20(26-18(25-19)12-6-4-5-7-12)33-11-16(29)24-14-10-13(23)8-9-15(14)32-3/h8-10,12,17H,4-7,11H2,1-3H3/p+1. The summed E-state index contributed by atoms with van der Waals surface area (Å²) in [5, 5.41) is 3.74. The van der Waals surface area contributed by atoms with Gasteiger partial charge in [-0.05, 0) is 31.0 Å². The number of methoxy groups -OCH3 is 1. The molecule has 1 unspecified atom stereocenters. The van der Waals surface area contributed by atoms with Crippen LogP contribution in [0.1, 0.15) is 25.7 Å². The molecule has 1 aromatic rings. The minimum Gasteiger partial charge on any atom is -0.495 e. The lowest BCUT2D eigenvalue weighted by Crippen LogP contribution is -2.55. The SMILES string of the molecule is COc1ccc(Cl)cc1NC(=O)CSC1=NC(C2CCCC2)=NC2=[N+](C)C(=O)N(C)C(=O)C12. The van der Waals surface area contributed by atoms with E-state index in [4.69, 9.17) is 21.3 Å². The summed E-state index contributed by atoms with van der Waals surface area (Å²) in [5.74, 6) is 0.211. The summed E-state index contributed by atoms with van der Waals surface area (Å²) >= 11 is 7.22. The molecule has 0 bridgehead atoms. The molecule has 1 fully saturated rings. The topological polar surface area (TPSA) is 103 Å². The number of carbonyl (C=O) groups is 3. The molecule has 33 heavy (non-hydrogen) atoms. The van der Waals surface area contributed by atoms with Crippen LogP contribution >= 0.6 is 23.4 Å². The Kier molecular flexibility index (Phi) is 6.85. The Morgan fingerprint density at radius 2 is 2.03 bits per heavy atom. The van der Waals surface area contributed by atoms with E-state index >= 15 is 0 Å². The predicted octanol–water partition coefficient (Wildman–Crippen LogP) is 3.27. The van der Waals surface area contributed by atoms with E-state index in [1.54, 1.807) is 25.2 Å². The van der Waals surface area contributed by atoms with Gasteiger partial charge in [-0.3, -0.25) is 9.59 Å². The van der Waals surface area contributed by atoms with E-state index in [9.17, 15) is 14.4 Å². The Morgan fingerprint density at radius 3 is 2.73 bits per heavy atom. The van der Waals surface area contributed by atoms with Crippen LogP contribution in [0.15, 0.2) is 28.2 Å². The average Bonchev–Trinajstić information content (AvgIpc) is 3.34. The molecular weight excluding hydrogens is 466 g/mol. The zero-order valence-corrected chi connectivity index (χ0v) is 20.2. The monoisotopic (exact) mass is 490 g/mol. The number of thioether (sulfide) groups is 1. The van der Waals surface area contributed by atoms with Gasteiger partial charge in [0.15, 0.2) is 5.92 Å². The third-order valence-electron chi connectivity index (χ3n) is 5.96. The molecule has 11 heteroatoms. The minimum atomic E-state index is -0.804. The van der Waals surface area contributed by atoms with Crippen LogP contribution in [0.3, 0.4) is 0 Å². The van der Waals surface area contributed by atoms with E-state index < -0.39 is 17.9 Å². The fraction of sp³-hybridized carbons (Fsp3) is 0.455. The highest BCUT2D eigenvalue weighted by Crippen LogP contribution is 2.32. The maximum Gasteiger partial charge on any atom is 0.445 e. The second kappa shape index (κ2) is 9.64. The number of nitrogens with one attached hydrogen (secondary N) is 1. The Morgan fingerprint density at radius 1 is 1.30 bits per heavy atom. The molecule has 0 saturated heterocycles. The van der Waals surface area contributed by atoms with Crippen molar-refractivity contribution < 1.29 is 23.7 Å². The highest BCUT2D eigenvalue weighted by Gasteiger charge is 2.49. The Labute approximate surface area is 200 Å². The van der Waals surface area contributed by atoms with E-state index in [-0.39, 0.29) is 17.6 Å². The number of ether oxygens (including phenoxy) is 1. The normalized spacial score (nSPS) is 21.1. The number of hydrogen-bond acceptors (Lipinski definition) is 7. The first-order valence-corrected chi connectivity index (χ1v) is 12.0. The smallest absolute Gasteiger partial charge is 0.445 e. The van der Waals surface area contributed by atoms with Gasteiger partial charge in [-0.1, -0.05) is 41.2 Å². The van der Waals surface area contributed by atoms with Crippen molar-refractivity contribution in [3.63, 3.8) is 0 Å². The van der Waals surface area contributed by atoms with Crippen LogP contribution in [-0.2, 0) is 9.59 Å². The van der Waals surface area contributed by atoms with Crippen molar-refractivity contribution in [2.45, 2.75) is 25.7 Å². The van der Waals surface area contributed by atoms with Crippen LogP contribution in [0, 0.1) is 11.8 Å². The molecule has 1 aromatic carbocycles. The number of carbonyl (C=O) groups excluding carboxylic acids is 3. The zero-order chi connectivity index (χ0) is 23.7. The van der Waals surface area contributed by atoms with Crippen LogP contribution in [0.5, 0.6) is 5.75 Å². The van der Waals surface area contributed by atoms with Gasteiger partial charge < -0.3 is 10.1 Å². The molecule has 1 aliphatic carbocycles. The molecule has 1 atom stereocenters. The minimum absolute atomic E-state index is 0.0187. The molecule has 9 nitrogen and oxygen atoms in total. The van der Waals surface area contributed by atoms with Gasteiger partial charge in [0.2, 0.25) is 11.7 Å². The van der Waals surface area contributed by atoms with Crippen LogP contribution in [0.2, 0.25) is 5.02 Å². The number of amides is 4. The Balaban J connectivity index is 1.58. The molecule has 2 aliphatic heterocycles. The van der Waals surface area contributed by atoms with Crippen LogP contribution in [0.25, 0.3) is 0 Å². The lowest BCUT2D eigenvalue weighted by Gasteiger charge is -2.27. The summed E-state index contributed by atoms with van der Waals surface area (Å²) < 4.78 is 6.67. The van der Waals surface area contributed by atoms with Crippen molar-refractivity contribution in [1.82, 2.24) is 4.90 Å². The molecular formula is C22H25ClN5O4S+. The number of urea groups is 1. The number of benzene rings is 1. The number of anilines is 1. The highest BCUT2D eigenvalue weighted by molar-refractivity contribution is 8.14. The summed E-state index contributed by atoms with van der Waals surface area (Å²) in [6.07, 6.45) is 4.14. The molecule has 0 spiro atoms. The molecule has 0 radical (unpaired) electrons. The van der Waals surface area contributed by atoms with E-state index in [0.717, 1.165) is 30.6 Å². The summed E-state index contributed by atoms with van der Waals surface area (Å²) in [4.78, 5) is 48.6.